The summed E-state index contributed by atoms with van der Waals surface area (Å²) < 4.78 is 61.1. The van der Waals surface area contributed by atoms with Crippen LogP contribution in [-0.2, 0) is 9.84 Å². The van der Waals surface area contributed by atoms with Gasteiger partial charge in [0.2, 0.25) is 5.88 Å². The SMILES string of the molecule is COc1nc(N2CCC(S(C)(=O)=O)C2)cc2c1c(=O)n(-c1cnc3cc(F)ccn13)c(=O)n2-c1ccc(F)c(Cl)c1. The fourth-order valence-electron chi connectivity index (χ4n) is 5.05. The minimum Gasteiger partial charge on any atom is -0.480 e. The number of aromatic nitrogens is 5. The van der Waals surface area contributed by atoms with Crippen molar-refractivity contribution >= 4 is 43.8 Å². The summed E-state index contributed by atoms with van der Waals surface area (Å²) in [6.07, 6.45) is 4.11. The van der Waals surface area contributed by atoms with E-state index in [0.717, 1.165) is 27.3 Å². The van der Waals surface area contributed by atoms with Gasteiger partial charge in [0.15, 0.2) is 9.84 Å². The maximum atomic E-state index is 14.1. The van der Waals surface area contributed by atoms with Gasteiger partial charge < -0.3 is 9.64 Å². The molecule has 5 heterocycles. The number of methoxy groups -OCH3 is 1. The normalized spacial score (nSPS) is 15.7. The van der Waals surface area contributed by atoms with Crippen LogP contribution in [0.25, 0.3) is 28.1 Å². The van der Waals surface area contributed by atoms with Crippen LogP contribution in [0.2, 0.25) is 5.02 Å². The van der Waals surface area contributed by atoms with Crippen LogP contribution in [0, 0.1) is 11.6 Å². The predicted octanol–water partition coefficient (Wildman–Crippen LogP) is 2.75. The van der Waals surface area contributed by atoms with Gasteiger partial charge in [-0.3, -0.25) is 13.8 Å². The summed E-state index contributed by atoms with van der Waals surface area (Å²) in [5, 5.41) is -0.966. The summed E-state index contributed by atoms with van der Waals surface area (Å²) in [4.78, 5) is 38.5. The standard InChI is InChI=1S/C26H21ClF2N6O5S/c1-40-24-23-19(11-21(31-24)32-7-6-16(13-32)41(2,38)39)34(15-3-4-18(29)17(27)10-15)26(37)35(25(23)36)22-12-30-20-9-14(28)5-8-33(20)22/h3-5,8-12,16H,6-7,13H2,1-2H3. The Morgan fingerprint density at radius 3 is 2.56 bits per heavy atom. The predicted molar refractivity (Wildman–Crippen MR) is 149 cm³/mol. The molecule has 1 aromatic carbocycles. The van der Waals surface area contributed by atoms with E-state index in [-0.39, 0.29) is 51.3 Å². The molecule has 0 N–H and O–H groups in total. The molecule has 1 saturated heterocycles. The van der Waals surface area contributed by atoms with Crippen molar-refractivity contribution in [1.29, 1.82) is 0 Å². The van der Waals surface area contributed by atoms with Gasteiger partial charge in [0, 0.05) is 37.7 Å². The molecule has 0 spiro atoms. The Morgan fingerprint density at radius 1 is 1.10 bits per heavy atom. The first-order chi connectivity index (χ1) is 19.5. The topological polar surface area (TPSA) is 121 Å². The van der Waals surface area contributed by atoms with E-state index in [1.807, 2.05) is 0 Å². The molecule has 1 fully saturated rings. The minimum atomic E-state index is -3.32. The lowest BCUT2D eigenvalue weighted by atomic mass is 10.2. The fraction of sp³-hybridized carbons (Fsp3) is 0.231. The molecule has 15 heteroatoms. The lowest BCUT2D eigenvalue weighted by Crippen LogP contribution is -2.39. The first kappa shape index (κ1) is 26.9. The number of sulfone groups is 1. The van der Waals surface area contributed by atoms with E-state index in [1.165, 1.54) is 48.4 Å². The molecule has 0 bridgehead atoms. The van der Waals surface area contributed by atoms with E-state index in [0.29, 0.717) is 13.0 Å². The Balaban J connectivity index is 1.69. The molecule has 0 radical (unpaired) electrons. The monoisotopic (exact) mass is 602 g/mol. The smallest absolute Gasteiger partial charge is 0.342 e. The molecule has 212 valence electrons. The Hall–Kier alpha value is -4.30. The number of nitrogens with zero attached hydrogens (tertiary/aromatic N) is 6. The molecule has 0 amide bonds. The molecule has 1 aliphatic rings. The van der Waals surface area contributed by atoms with Gasteiger partial charge in [0.1, 0.15) is 34.3 Å². The Kier molecular flexibility index (Phi) is 6.34. The summed E-state index contributed by atoms with van der Waals surface area (Å²) in [7, 11) is -2.01. The summed E-state index contributed by atoms with van der Waals surface area (Å²) in [5.74, 6) is -1.10. The van der Waals surface area contributed by atoms with Gasteiger partial charge in [0.05, 0.1) is 34.8 Å². The van der Waals surface area contributed by atoms with E-state index < -0.39 is 38.0 Å². The van der Waals surface area contributed by atoms with Crippen molar-refractivity contribution in [3.63, 3.8) is 0 Å². The number of benzene rings is 1. The average molecular weight is 603 g/mol. The van der Waals surface area contributed by atoms with Crippen LogP contribution in [0.15, 0.2) is 58.4 Å². The van der Waals surface area contributed by atoms with Crippen LogP contribution in [-0.4, -0.2) is 63.6 Å². The number of pyridine rings is 2. The van der Waals surface area contributed by atoms with Gasteiger partial charge in [-0.1, -0.05) is 11.6 Å². The Morgan fingerprint density at radius 2 is 1.88 bits per heavy atom. The molecule has 0 aliphatic carbocycles. The molecule has 1 atom stereocenters. The lowest BCUT2D eigenvalue weighted by molar-refractivity contribution is 0.402. The third-order valence-corrected chi connectivity index (χ3v) is 8.99. The quantitative estimate of drug-likeness (QED) is 0.301. The van der Waals surface area contributed by atoms with Crippen molar-refractivity contribution in [3.8, 4) is 17.4 Å². The van der Waals surface area contributed by atoms with Gasteiger partial charge in [0.25, 0.3) is 5.56 Å². The van der Waals surface area contributed by atoms with Crippen molar-refractivity contribution < 1.29 is 21.9 Å². The number of anilines is 1. The summed E-state index contributed by atoms with van der Waals surface area (Å²) in [5.41, 5.74) is -1.30. The van der Waals surface area contributed by atoms with Crippen LogP contribution in [0.1, 0.15) is 6.42 Å². The van der Waals surface area contributed by atoms with E-state index in [1.54, 1.807) is 4.90 Å². The molecule has 41 heavy (non-hydrogen) atoms. The molecule has 0 saturated carbocycles. The van der Waals surface area contributed by atoms with Crippen LogP contribution in [0.4, 0.5) is 14.6 Å². The van der Waals surface area contributed by atoms with Crippen molar-refractivity contribution in [2.45, 2.75) is 11.7 Å². The van der Waals surface area contributed by atoms with Gasteiger partial charge >= 0.3 is 5.69 Å². The zero-order valence-electron chi connectivity index (χ0n) is 21.6. The highest BCUT2D eigenvalue weighted by atomic mass is 35.5. The summed E-state index contributed by atoms with van der Waals surface area (Å²) >= 11 is 6.07. The third-order valence-electron chi connectivity index (χ3n) is 7.11. The first-order valence-electron chi connectivity index (χ1n) is 12.3. The number of hydrogen-bond donors (Lipinski definition) is 0. The van der Waals surface area contributed by atoms with Gasteiger partial charge in [-0.2, -0.15) is 4.98 Å². The van der Waals surface area contributed by atoms with E-state index in [9.17, 15) is 26.8 Å². The van der Waals surface area contributed by atoms with E-state index in [4.69, 9.17) is 16.3 Å². The zero-order chi connectivity index (χ0) is 29.2. The molecule has 1 aliphatic heterocycles. The number of hydrogen-bond acceptors (Lipinski definition) is 8. The number of imidazole rings is 1. The molecular formula is C26H21ClF2N6O5S. The second-order valence-electron chi connectivity index (χ2n) is 9.62. The number of fused-ring (bicyclic) bond motifs is 2. The van der Waals surface area contributed by atoms with Gasteiger partial charge in [-0.05, 0) is 30.7 Å². The fourth-order valence-corrected chi connectivity index (χ4v) is 6.21. The number of ether oxygens (including phenoxy) is 1. The summed E-state index contributed by atoms with van der Waals surface area (Å²) in [6, 6.07) is 7.41. The minimum absolute atomic E-state index is 0.0144. The first-order valence-corrected chi connectivity index (χ1v) is 14.6. The molecule has 1 unspecified atom stereocenters. The lowest BCUT2D eigenvalue weighted by Gasteiger charge is -2.21. The highest BCUT2D eigenvalue weighted by molar-refractivity contribution is 7.91. The van der Waals surface area contributed by atoms with Crippen LogP contribution in [0.3, 0.4) is 0 Å². The van der Waals surface area contributed by atoms with Crippen molar-refractivity contribution in [3.05, 3.63) is 86.3 Å². The zero-order valence-corrected chi connectivity index (χ0v) is 23.2. The third kappa shape index (κ3) is 4.43. The van der Waals surface area contributed by atoms with Gasteiger partial charge in [-0.25, -0.2) is 31.5 Å². The second kappa shape index (κ2) is 9.66. The van der Waals surface area contributed by atoms with Crippen molar-refractivity contribution in [1.82, 2.24) is 23.5 Å². The van der Waals surface area contributed by atoms with Crippen LogP contribution < -0.4 is 20.9 Å². The maximum Gasteiger partial charge on any atom is 0.342 e. The highest BCUT2D eigenvalue weighted by Crippen LogP contribution is 2.31. The largest absolute Gasteiger partial charge is 0.480 e. The molecule has 11 nitrogen and oxygen atoms in total. The van der Waals surface area contributed by atoms with Crippen molar-refractivity contribution in [2.24, 2.45) is 0 Å². The molecule has 6 rings (SSSR count). The Bertz CT molecular complexity index is 2110. The molecular weight excluding hydrogens is 582 g/mol. The van der Waals surface area contributed by atoms with Crippen LogP contribution >= 0.6 is 11.6 Å². The molecule has 4 aromatic heterocycles. The van der Waals surface area contributed by atoms with Gasteiger partial charge in [-0.15, -0.1) is 0 Å². The highest BCUT2D eigenvalue weighted by Gasteiger charge is 2.32. The van der Waals surface area contributed by atoms with E-state index in [2.05, 4.69) is 9.97 Å². The summed E-state index contributed by atoms with van der Waals surface area (Å²) in [6.45, 7) is 0.518. The number of rotatable bonds is 5. The second-order valence-corrected chi connectivity index (χ2v) is 12.3. The molecule has 5 aromatic rings. The number of halogens is 3. The van der Waals surface area contributed by atoms with E-state index >= 15 is 0 Å². The van der Waals surface area contributed by atoms with Crippen molar-refractivity contribution in [2.75, 3.05) is 31.4 Å². The maximum absolute atomic E-state index is 14.1. The average Bonchev–Trinajstić information content (AvgIpc) is 3.58. The van der Waals surface area contributed by atoms with Crippen LogP contribution in [0.5, 0.6) is 5.88 Å². The Labute approximate surface area is 235 Å².